The average Bonchev–Trinajstić information content (AvgIpc) is 2.17. The van der Waals surface area contributed by atoms with Crippen molar-refractivity contribution in [1.82, 2.24) is 4.90 Å². The molecule has 1 amide bonds. The number of rotatable bonds is 2. The third kappa shape index (κ3) is 2.45. The summed E-state index contributed by atoms with van der Waals surface area (Å²) in [5.74, 6) is 0.488. The van der Waals surface area contributed by atoms with Gasteiger partial charge in [0, 0.05) is 19.1 Å². The third-order valence-corrected chi connectivity index (χ3v) is 3.02. The lowest BCUT2D eigenvalue weighted by molar-refractivity contribution is -0.134. The highest BCUT2D eigenvalue weighted by molar-refractivity contribution is 5.81. The van der Waals surface area contributed by atoms with E-state index in [0.29, 0.717) is 5.92 Å². The van der Waals surface area contributed by atoms with Gasteiger partial charge in [-0.3, -0.25) is 4.79 Å². The van der Waals surface area contributed by atoms with Gasteiger partial charge in [0.1, 0.15) is 0 Å². The van der Waals surface area contributed by atoms with Gasteiger partial charge < -0.3 is 16.4 Å². The Labute approximate surface area is 85.6 Å². The van der Waals surface area contributed by atoms with Gasteiger partial charge in [-0.25, -0.2) is 0 Å². The van der Waals surface area contributed by atoms with Crippen molar-refractivity contribution in [3.63, 3.8) is 0 Å². The topological polar surface area (TPSA) is 72.3 Å². The summed E-state index contributed by atoms with van der Waals surface area (Å²) in [5, 5.41) is 0. The van der Waals surface area contributed by atoms with Crippen LogP contribution in [0.3, 0.4) is 0 Å². The molecule has 0 spiro atoms. The molecule has 1 rings (SSSR count). The van der Waals surface area contributed by atoms with Crippen molar-refractivity contribution in [2.75, 3.05) is 13.1 Å². The number of carbonyl (C=O) groups is 1. The highest BCUT2D eigenvalue weighted by Gasteiger charge is 2.28. The molecule has 82 valence electrons. The number of nitrogens with two attached hydrogens (primary N) is 2. The van der Waals surface area contributed by atoms with Crippen molar-refractivity contribution >= 4 is 5.91 Å². The summed E-state index contributed by atoms with van der Waals surface area (Å²) < 4.78 is 0. The maximum Gasteiger partial charge on any atom is 0.239 e. The Kier molecular flexibility index (Phi) is 3.89. The van der Waals surface area contributed by atoms with Crippen LogP contribution in [0.15, 0.2) is 0 Å². The zero-order chi connectivity index (χ0) is 10.7. The first-order valence-corrected chi connectivity index (χ1v) is 5.36. The number of carbonyl (C=O) groups excluding carboxylic acids is 1. The first-order valence-electron chi connectivity index (χ1n) is 5.36. The van der Waals surface area contributed by atoms with Crippen LogP contribution in [0, 0.1) is 5.92 Å². The van der Waals surface area contributed by atoms with Crippen LogP contribution in [0.4, 0.5) is 0 Å². The van der Waals surface area contributed by atoms with Gasteiger partial charge in [-0.15, -0.1) is 0 Å². The molecule has 1 aliphatic heterocycles. The standard InChI is InChI=1S/C10H21N3O/c1-3-8-6-13(5-4-9(8)12)10(14)7(2)11/h7-9H,3-6,11-12H2,1-2H3. The smallest absolute Gasteiger partial charge is 0.239 e. The zero-order valence-corrected chi connectivity index (χ0v) is 9.07. The first kappa shape index (κ1) is 11.5. The van der Waals surface area contributed by atoms with Gasteiger partial charge in [0.15, 0.2) is 0 Å². The minimum atomic E-state index is -0.387. The Balaban J connectivity index is 2.54. The molecular formula is C10H21N3O. The quantitative estimate of drug-likeness (QED) is 0.653. The predicted octanol–water partition coefficient (Wildman–Crippen LogP) is -0.0806. The molecule has 1 aliphatic rings. The van der Waals surface area contributed by atoms with Gasteiger partial charge in [-0.1, -0.05) is 13.3 Å². The van der Waals surface area contributed by atoms with Gasteiger partial charge in [-0.05, 0) is 19.3 Å². The van der Waals surface area contributed by atoms with E-state index in [1.807, 2.05) is 4.90 Å². The average molecular weight is 199 g/mol. The largest absolute Gasteiger partial charge is 0.341 e. The fraction of sp³-hybridized carbons (Fsp3) is 0.900. The number of amides is 1. The van der Waals surface area contributed by atoms with E-state index in [1.165, 1.54) is 0 Å². The Hall–Kier alpha value is -0.610. The summed E-state index contributed by atoms with van der Waals surface area (Å²) in [6.45, 7) is 5.39. The number of likely N-dealkylation sites (tertiary alicyclic amines) is 1. The molecule has 0 bridgehead atoms. The predicted molar refractivity (Wildman–Crippen MR) is 56.6 cm³/mol. The van der Waals surface area contributed by atoms with E-state index in [2.05, 4.69) is 6.92 Å². The maximum atomic E-state index is 11.6. The molecule has 1 saturated heterocycles. The van der Waals surface area contributed by atoms with Crippen molar-refractivity contribution in [3.8, 4) is 0 Å². The van der Waals surface area contributed by atoms with Gasteiger partial charge in [0.05, 0.1) is 6.04 Å². The van der Waals surface area contributed by atoms with E-state index in [1.54, 1.807) is 6.92 Å². The fourth-order valence-electron chi connectivity index (χ4n) is 1.97. The molecule has 1 heterocycles. The van der Waals surface area contributed by atoms with E-state index in [9.17, 15) is 4.79 Å². The Bertz CT molecular complexity index is 206. The lowest BCUT2D eigenvalue weighted by atomic mass is 9.90. The normalized spacial score (nSPS) is 30.1. The van der Waals surface area contributed by atoms with Crippen molar-refractivity contribution in [1.29, 1.82) is 0 Å². The summed E-state index contributed by atoms with van der Waals surface area (Å²) in [7, 11) is 0. The van der Waals surface area contributed by atoms with E-state index >= 15 is 0 Å². The van der Waals surface area contributed by atoms with Crippen LogP contribution in [0.1, 0.15) is 26.7 Å². The van der Waals surface area contributed by atoms with Crippen molar-refractivity contribution in [2.45, 2.75) is 38.8 Å². The fourth-order valence-corrected chi connectivity index (χ4v) is 1.97. The molecule has 4 heteroatoms. The molecule has 1 fully saturated rings. The van der Waals surface area contributed by atoms with Gasteiger partial charge in [0.25, 0.3) is 0 Å². The molecule has 0 radical (unpaired) electrons. The van der Waals surface area contributed by atoms with Crippen LogP contribution in [0.5, 0.6) is 0 Å². The summed E-state index contributed by atoms with van der Waals surface area (Å²) in [4.78, 5) is 13.5. The van der Waals surface area contributed by atoms with E-state index in [0.717, 1.165) is 25.9 Å². The highest BCUT2D eigenvalue weighted by atomic mass is 16.2. The van der Waals surface area contributed by atoms with Crippen molar-refractivity contribution in [2.24, 2.45) is 17.4 Å². The number of hydrogen-bond donors (Lipinski definition) is 2. The van der Waals surface area contributed by atoms with E-state index in [4.69, 9.17) is 11.5 Å². The molecule has 4 nitrogen and oxygen atoms in total. The molecular weight excluding hydrogens is 178 g/mol. The Morgan fingerprint density at radius 1 is 1.64 bits per heavy atom. The van der Waals surface area contributed by atoms with Gasteiger partial charge >= 0.3 is 0 Å². The van der Waals surface area contributed by atoms with Crippen molar-refractivity contribution in [3.05, 3.63) is 0 Å². The SMILES string of the molecule is CCC1CN(C(=O)C(C)N)CCC1N. The Morgan fingerprint density at radius 2 is 2.29 bits per heavy atom. The number of piperidine rings is 1. The molecule has 0 aromatic carbocycles. The van der Waals surface area contributed by atoms with Crippen LogP contribution in [-0.2, 0) is 4.79 Å². The minimum absolute atomic E-state index is 0.0513. The second kappa shape index (κ2) is 4.75. The number of hydrogen-bond acceptors (Lipinski definition) is 3. The van der Waals surface area contributed by atoms with Crippen LogP contribution >= 0.6 is 0 Å². The second-order valence-electron chi connectivity index (χ2n) is 4.19. The zero-order valence-electron chi connectivity index (χ0n) is 9.07. The second-order valence-corrected chi connectivity index (χ2v) is 4.19. The first-order chi connectivity index (χ1) is 6.56. The monoisotopic (exact) mass is 199 g/mol. The van der Waals surface area contributed by atoms with Crippen LogP contribution in [0.2, 0.25) is 0 Å². The molecule has 0 aliphatic carbocycles. The molecule has 4 N–H and O–H groups in total. The minimum Gasteiger partial charge on any atom is -0.341 e. The summed E-state index contributed by atoms with van der Waals surface area (Å²) in [6.07, 6.45) is 1.93. The molecule has 0 aromatic rings. The van der Waals surface area contributed by atoms with E-state index in [-0.39, 0.29) is 18.0 Å². The molecule has 3 unspecified atom stereocenters. The molecule has 0 aromatic heterocycles. The Morgan fingerprint density at radius 3 is 2.79 bits per heavy atom. The summed E-state index contributed by atoms with van der Waals surface area (Å²) >= 11 is 0. The van der Waals surface area contributed by atoms with E-state index < -0.39 is 0 Å². The molecule has 0 saturated carbocycles. The lowest BCUT2D eigenvalue weighted by Gasteiger charge is -2.37. The van der Waals surface area contributed by atoms with Gasteiger partial charge in [0.2, 0.25) is 5.91 Å². The number of nitrogens with zero attached hydrogens (tertiary/aromatic N) is 1. The summed E-state index contributed by atoms with van der Waals surface area (Å²) in [5.41, 5.74) is 11.5. The highest BCUT2D eigenvalue weighted by Crippen LogP contribution is 2.18. The lowest BCUT2D eigenvalue weighted by Crippen LogP contribution is -2.52. The van der Waals surface area contributed by atoms with Crippen LogP contribution in [-0.4, -0.2) is 36.0 Å². The molecule has 14 heavy (non-hydrogen) atoms. The summed E-state index contributed by atoms with van der Waals surface area (Å²) in [6, 6.07) is -0.140. The van der Waals surface area contributed by atoms with Gasteiger partial charge in [-0.2, -0.15) is 0 Å². The van der Waals surface area contributed by atoms with Crippen molar-refractivity contribution < 1.29 is 4.79 Å². The molecule has 3 atom stereocenters. The van der Waals surface area contributed by atoms with Crippen LogP contribution < -0.4 is 11.5 Å². The maximum absolute atomic E-state index is 11.6. The van der Waals surface area contributed by atoms with Crippen LogP contribution in [0.25, 0.3) is 0 Å². The third-order valence-electron chi connectivity index (χ3n) is 3.02.